The Bertz CT molecular complexity index is 1210. The number of amides is 2. The van der Waals surface area contributed by atoms with Gasteiger partial charge in [-0.15, -0.1) is 0 Å². The maximum atomic E-state index is 13.2. The number of aromatic nitrogens is 1. The highest BCUT2D eigenvalue weighted by Crippen LogP contribution is 2.41. The molecule has 156 valence electrons. The Morgan fingerprint density at radius 2 is 1.97 bits per heavy atom. The van der Waals surface area contributed by atoms with Gasteiger partial charge in [0.1, 0.15) is 5.03 Å². The molecule has 31 heavy (non-hydrogen) atoms. The van der Waals surface area contributed by atoms with Gasteiger partial charge in [-0.3, -0.25) is 9.59 Å². The molecule has 1 aromatic heterocycles. The van der Waals surface area contributed by atoms with Crippen molar-refractivity contribution in [2.45, 2.75) is 29.8 Å². The van der Waals surface area contributed by atoms with Gasteiger partial charge in [-0.1, -0.05) is 11.8 Å². The van der Waals surface area contributed by atoms with Crippen molar-refractivity contribution in [3.8, 4) is 11.5 Å². The molecule has 2 amide bonds. The number of rotatable bonds is 3. The molecular formula is C23H19N3O4S. The molecule has 2 aromatic carbocycles. The Hall–Kier alpha value is -3.52. The van der Waals surface area contributed by atoms with Crippen LogP contribution in [0.4, 0.5) is 11.4 Å². The van der Waals surface area contributed by atoms with Crippen molar-refractivity contribution < 1.29 is 19.1 Å². The molecule has 0 unspecified atom stereocenters. The summed E-state index contributed by atoms with van der Waals surface area (Å²) in [6.45, 7) is 4.11. The van der Waals surface area contributed by atoms with E-state index in [-0.39, 0.29) is 24.6 Å². The topological polar surface area (TPSA) is 80.8 Å². The summed E-state index contributed by atoms with van der Waals surface area (Å²) in [6.07, 6.45) is 1.67. The van der Waals surface area contributed by atoms with Crippen LogP contribution in [-0.4, -0.2) is 29.6 Å². The molecule has 5 rings (SSSR count). The first-order chi connectivity index (χ1) is 15.0. The number of benzene rings is 2. The zero-order valence-corrected chi connectivity index (χ0v) is 17.7. The highest BCUT2D eigenvalue weighted by molar-refractivity contribution is 7.99. The third kappa shape index (κ3) is 3.48. The second-order valence-electron chi connectivity index (χ2n) is 7.43. The average Bonchev–Trinajstić information content (AvgIpc) is 3.18. The lowest BCUT2D eigenvalue weighted by Gasteiger charge is -2.27. The Morgan fingerprint density at radius 1 is 1.13 bits per heavy atom. The van der Waals surface area contributed by atoms with Crippen LogP contribution in [0.15, 0.2) is 64.6 Å². The smallest absolute Gasteiger partial charge is 0.261 e. The summed E-state index contributed by atoms with van der Waals surface area (Å²) in [5.74, 6) is 0.908. The molecule has 0 atom stereocenters. The fourth-order valence-corrected chi connectivity index (χ4v) is 4.65. The summed E-state index contributed by atoms with van der Waals surface area (Å²) >= 11 is 1.39. The predicted octanol–water partition coefficient (Wildman–Crippen LogP) is 4.58. The molecule has 2 aliphatic rings. The average molecular weight is 433 g/mol. The van der Waals surface area contributed by atoms with Crippen LogP contribution < -0.4 is 19.7 Å². The number of hydrogen-bond acceptors (Lipinski definition) is 6. The number of hydrogen-bond donors (Lipinski definition) is 1. The molecule has 3 heterocycles. The van der Waals surface area contributed by atoms with Gasteiger partial charge in [0.25, 0.3) is 11.8 Å². The van der Waals surface area contributed by atoms with Crippen LogP contribution in [0.5, 0.6) is 11.5 Å². The van der Waals surface area contributed by atoms with E-state index in [1.165, 1.54) is 11.8 Å². The Labute approximate surface area is 183 Å². The first-order valence-electron chi connectivity index (χ1n) is 9.83. The zero-order chi connectivity index (χ0) is 21.5. The molecule has 0 saturated carbocycles. The number of anilines is 2. The monoisotopic (exact) mass is 433 g/mol. The normalized spacial score (nSPS) is 14.2. The molecule has 3 aromatic rings. The van der Waals surface area contributed by atoms with Crippen LogP contribution in [0.2, 0.25) is 0 Å². The number of nitrogens with one attached hydrogen (secondary N) is 1. The van der Waals surface area contributed by atoms with Gasteiger partial charge in [0.05, 0.1) is 11.3 Å². The summed E-state index contributed by atoms with van der Waals surface area (Å²) in [5.41, 5.74) is 2.42. The number of carbonyl (C=O) groups is 2. The second kappa shape index (κ2) is 7.63. The maximum absolute atomic E-state index is 13.2. The van der Waals surface area contributed by atoms with E-state index in [2.05, 4.69) is 10.3 Å². The summed E-state index contributed by atoms with van der Waals surface area (Å²) in [6, 6.07) is 14.1. The molecule has 0 bridgehead atoms. The van der Waals surface area contributed by atoms with E-state index in [1.54, 1.807) is 53.6 Å². The second-order valence-corrected chi connectivity index (χ2v) is 8.46. The number of ether oxygens (including phenoxy) is 2. The molecule has 7 nitrogen and oxygen atoms in total. The lowest BCUT2D eigenvalue weighted by atomic mass is 10.1. The van der Waals surface area contributed by atoms with Gasteiger partial charge < -0.3 is 19.7 Å². The molecule has 0 saturated heterocycles. The van der Waals surface area contributed by atoms with Crippen molar-refractivity contribution in [3.63, 3.8) is 0 Å². The van der Waals surface area contributed by atoms with Crippen LogP contribution in [-0.2, 0) is 0 Å². The van der Waals surface area contributed by atoms with E-state index >= 15 is 0 Å². The van der Waals surface area contributed by atoms with Crippen molar-refractivity contribution in [1.82, 2.24) is 4.98 Å². The summed E-state index contributed by atoms with van der Waals surface area (Å²) in [5, 5.41) is 3.52. The molecule has 8 heteroatoms. The van der Waals surface area contributed by atoms with Gasteiger partial charge in [-0.25, -0.2) is 4.98 Å². The van der Waals surface area contributed by atoms with Gasteiger partial charge in [0, 0.05) is 34.5 Å². The van der Waals surface area contributed by atoms with Crippen LogP contribution in [0.25, 0.3) is 0 Å². The van der Waals surface area contributed by atoms with Crippen LogP contribution in [0, 0.1) is 0 Å². The Morgan fingerprint density at radius 3 is 2.81 bits per heavy atom. The molecule has 0 fully saturated rings. The molecule has 0 radical (unpaired) electrons. The maximum Gasteiger partial charge on any atom is 0.261 e. The minimum absolute atomic E-state index is 0.0497. The van der Waals surface area contributed by atoms with E-state index in [1.807, 2.05) is 19.9 Å². The quantitative estimate of drug-likeness (QED) is 0.651. The van der Waals surface area contributed by atoms with Gasteiger partial charge in [0.2, 0.25) is 6.79 Å². The molecule has 0 aliphatic carbocycles. The first kappa shape index (κ1) is 19.4. The van der Waals surface area contributed by atoms with Crippen LogP contribution >= 0.6 is 11.8 Å². The van der Waals surface area contributed by atoms with E-state index in [9.17, 15) is 9.59 Å². The minimum atomic E-state index is -0.254. The Balaban J connectivity index is 1.49. The third-order valence-electron chi connectivity index (χ3n) is 5.06. The van der Waals surface area contributed by atoms with Gasteiger partial charge in [-0.05, 0) is 56.3 Å². The largest absolute Gasteiger partial charge is 0.454 e. The first-order valence-corrected chi connectivity index (χ1v) is 10.6. The lowest BCUT2D eigenvalue weighted by molar-refractivity contribution is 0.0976. The third-order valence-corrected chi connectivity index (χ3v) is 6.12. The van der Waals surface area contributed by atoms with Gasteiger partial charge >= 0.3 is 0 Å². The molecule has 0 spiro atoms. The lowest BCUT2D eigenvalue weighted by Crippen LogP contribution is -2.37. The van der Waals surface area contributed by atoms with E-state index in [0.717, 1.165) is 10.6 Å². The number of pyridine rings is 1. The molecule has 1 N–H and O–H groups in total. The van der Waals surface area contributed by atoms with Crippen molar-refractivity contribution in [2.24, 2.45) is 0 Å². The van der Waals surface area contributed by atoms with Gasteiger partial charge in [0.15, 0.2) is 11.5 Å². The standard InChI is InChI=1S/C23H19N3O4S/c1-13(2)26-17-7-5-14(10-20(17)31-22-16(23(26)28)4-3-9-24-22)21(27)25-15-6-8-18-19(11-15)30-12-29-18/h3-11,13H,12H2,1-2H3,(H,25,27). The van der Waals surface area contributed by atoms with Crippen molar-refractivity contribution >= 4 is 35.0 Å². The van der Waals surface area contributed by atoms with Crippen molar-refractivity contribution in [3.05, 3.63) is 65.9 Å². The Kier molecular flexibility index (Phi) is 4.78. The SMILES string of the molecule is CC(C)N1C(=O)c2cccnc2Sc2cc(C(=O)Nc3ccc4c(c3)OCO4)ccc21. The zero-order valence-electron chi connectivity index (χ0n) is 16.9. The van der Waals surface area contributed by atoms with E-state index in [4.69, 9.17) is 9.47 Å². The summed E-state index contributed by atoms with van der Waals surface area (Å²) < 4.78 is 10.7. The fourth-order valence-electron chi connectivity index (χ4n) is 3.60. The van der Waals surface area contributed by atoms with Crippen LogP contribution in [0.1, 0.15) is 34.6 Å². The fraction of sp³-hybridized carbons (Fsp3) is 0.174. The number of fused-ring (bicyclic) bond motifs is 3. The molecular weight excluding hydrogens is 414 g/mol. The van der Waals surface area contributed by atoms with E-state index < -0.39 is 0 Å². The summed E-state index contributed by atoms with van der Waals surface area (Å²) in [7, 11) is 0. The molecule has 2 aliphatic heterocycles. The number of carbonyl (C=O) groups excluding carboxylic acids is 2. The highest BCUT2D eigenvalue weighted by Gasteiger charge is 2.30. The van der Waals surface area contributed by atoms with Crippen molar-refractivity contribution in [1.29, 1.82) is 0 Å². The van der Waals surface area contributed by atoms with Gasteiger partial charge in [-0.2, -0.15) is 0 Å². The minimum Gasteiger partial charge on any atom is -0.454 e. The number of nitrogens with zero attached hydrogens (tertiary/aromatic N) is 2. The predicted molar refractivity (Wildman–Crippen MR) is 117 cm³/mol. The van der Waals surface area contributed by atoms with Crippen LogP contribution in [0.3, 0.4) is 0 Å². The highest BCUT2D eigenvalue weighted by atomic mass is 32.2. The summed E-state index contributed by atoms with van der Waals surface area (Å²) in [4.78, 5) is 33.0. The van der Waals surface area contributed by atoms with Crippen molar-refractivity contribution in [2.75, 3.05) is 17.0 Å². The van der Waals surface area contributed by atoms with E-state index in [0.29, 0.717) is 33.3 Å².